The number of nitrogens with two attached hydrogens (primary N) is 1. The van der Waals surface area contributed by atoms with Crippen molar-refractivity contribution in [2.75, 3.05) is 12.8 Å². The Labute approximate surface area is 123 Å². The zero-order valence-electron chi connectivity index (χ0n) is 12.1. The van der Waals surface area contributed by atoms with E-state index in [4.69, 9.17) is 10.8 Å². The third-order valence-electron chi connectivity index (χ3n) is 4.85. The van der Waals surface area contributed by atoms with Crippen LogP contribution in [0.3, 0.4) is 0 Å². The average Bonchev–Trinajstić information content (AvgIpc) is 2.76. The van der Waals surface area contributed by atoms with Gasteiger partial charge in [-0.25, -0.2) is 0 Å². The maximum Gasteiger partial charge on any atom is 0.306 e. The van der Waals surface area contributed by atoms with Crippen LogP contribution in [0.25, 0.3) is 0 Å². The second kappa shape index (κ2) is 5.06. The summed E-state index contributed by atoms with van der Waals surface area (Å²) >= 11 is 0. The van der Waals surface area contributed by atoms with E-state index in [-0.39, 0.29) is 11.8 Å². The molecule has 3 rings (SSSR count). The number of hydrogen-bond donors (Lipinski definition) is 2. The summed E-state index contributed by atoms with van der Waals surface area (Å²) in [5.74, 6) is -0.573. The van der Waals surface area contributed by atoms with Crippen LogP contribution in [0.4, 0.5) is 5.69 Å². The maximum absolute atomic E-state index is 12.2. The third kappa shape index (κ3) is 2.26. The molecule has 1 aromatic carbocycles. The van der Waals surface area contributed by atoms with Crippen LogP contribution in [0.15, 0.2) is 12.1 Å². The fraction of sp³-hybridized carbons (Fsp3) is 0.500. The molecular formula is C16H20N2O3. The van der Waals surface area contributed by atoms with Crippen LogP contribution in [0, 0.1) is 5.92 Å². The third-order valence-corrected chi connectivity index (χ3v) is 4.85. The first-order chi connectivity index (χ1) is 9.99. The number of carboxylic acid groups (broad SMARTS) is 1. The Kier molecular flexibility index (Phi) is 3.35. The molecule has 0 unspecified atom stereocenters. The molecule has 0 atom stereocenters. The highest BCUT2D eigenvalue weighted by atomic mass is 16.4. The number of benzene rings is 1. The van der Waals surface area contributed by atoms with Crippen molar-refractivity contribution in [2.24, 2.45) is 5.92 Å². The van der Waals surface area contributed by atoms with Crippen molar-refractivity contribution in [3.05, 3.63) is 28.8 Å². The predicted molar refractivity (Wildman–Crippen MR) is 79.0 cm³/mol. The fourth-order valence-corrected chi connectivity index (χ4v) is 3.64. The van der Waals surface area contributed by atoms with Gasteiger partial charge in [-0.2, -0.15) is 0 Å². The maximum atomic E-state index is 12.2. The van der Waals surface area contributed by atoms with E-state index in [1.807, 2.05) is 12.1 Å². The molecule has 0 saturated heterocycles. The van der Waals surface area contributed by atoms with Gasteiger partial charge in [0.25, 0.3) is 5.91 Å². The summed E-state index contributed by atoms with van der Waals surface area (Å²) in [4.78, 5) is 24.9. The minimum Gasteiger partial charge on any atom is -0.481 e. The molecule has 0 bridgehead atoms. The molecule has 5 heteroatoms. The molecule has 1 amide bonds. The number of fused-ring (bicyclic) bond motifs is 1. The lowest BCUT2D eigenvalue weighted by atomic mass is 9.77. The molecule has 1 aliphatic carbocycles. The lowest BCUT2D eigenvalue weighted by molar-refractivity contribution is -0.142. The molecule has 3 N–H and O–H groups in total. The van der Waals surface area contributed by atoms with Crippen LogP contribution in [0.5, 0.6) is 0 Å². The Morgan fingerprint density at radius 2 is 1.95 bits per heavy atom. The highest BCUT2D eigenvalue weighted by Gasteiger charge is 2.33. The first-order valence-corrected chi connectivity index (χ1v) is 7.38. The number of carboxylic acids is 1. The Morgan fingerprint density at radius 3 is 2.57 bits per heavy atom. The molecule has 1 saturated carbocycles. The molecule has 1 fully saturated rings. The van der Waals surface area contributed by atoms with Crippen molar-refractivity contribution in [1.82, 2.24) is 4.90 Å². The largest absolute Gasteiger partial charge is 0.481 e. The number of carbonyl (C=O) groups is 2. The van der Waals surface area contributed by atoms with Crippen LogP contribution in [0.2, 0.25) is 0 Å². The van der Waals surface area contributed by atoms with E-state index in [2.05, 4.69) is 0 Å². The van der Waals surface area contributed by atoms with Crippen molar-refractivity contribution in [1.29, 1.82) is 0 Å². The summed E-state index contributed by atoms with van der Waals surface area (Å²) in [7, 11) is 1.78. The number of hydrogen-bond acceptors (Lipinski definition) is 3. The van der Waals surface area contributed by atoms with E-state index in [9.17, 15) is 9.59 Å². The second-order valence-corrected chi connectivity index (χ2v) is 6.15. The van der Waals surface area contributed by atoms with Gasteiger partial charge in [-0.05, 0) is 48.8 Å². The van der Waals surface area contributed by atoms with E-state index in [1.165, 1.54) is 5.56 Å². The van der Waals surface area contributed by atoms with Gasteiger partial charge in [-0.1, -0.05) is 6.07 Å². The van der Waals surface area contributed by atoms with Gasteiger partial charge in [-0.15, -0.1) is 0 Å². The van der Waals surface area contributed by atoms with Crippen LogP contribution >= 0.6 is 0 Å². The molecule has 0 radical (unpaired) electrons. The average molecular weight is 288 g/mol. The summed E-state index contributed by atoms with van der Waals surface area (Å²) in [6.45, 7) is 0.605. The van der Waals surface area contributed by atoms with Crippen molar-refractivity contribution in [3.63, 3.8) is 0 Å². The molecule has 1 aliphatic heterocycles. The van der Waals surface area contributed by atoms with E-state index in [1.54, 1.807) is 11.9 Å². The minimum absolute atomic E-state index is 0.0106. The van der Waals surface area contributed by atoms with Crippen LogP contribution in [-0.2, 0) is 11.3 Å². The summed E-state index contributed by atoms with van der Waals surface area (Å²) in [5.41, 5.74) is 9.38. The molecule has 5 nitrogen and oxygen atoms in total. The quantitative estimate of drug-likeness (QED) is 0.817. The number of anilines is 1. The molecule has 0 aromatic heterocycles. The summed E-state index contributed by atoms with van der Waals surface area (Å²) in [6.07, 6.45) is 3.16. The molecule has 1 heterocycles. The Morgan fingerprint density at radius 1 is 1.29 bits per heavy atom. The SMILES string of the molecule is CN1Cc2c(C3CCC(C(=O)O)CC3)ccc(N)c2C1=O. The standard InChI is InChI=1S/C16H20N2O3/c1-18-8-12-11(6-7-13(17)14(12)15(18)19)9-2-4-10(5-3-9)16(20)21/h6-7,9-10H,2-5,8,17H2,1H3,(H,20,21). The molecule has 2 aliphatic rings. The second-order valence-electron chi connectivity index (χ2n) is 6.15. The first-order valence-electron chi connectivity index (χ1n) is 7.38. The van der Waals surface area contributed by atoms with E-state index < -0.39 is 5.97 Å². The van der Waals surface area contributed by atoms with Gasteiger partial charge < -0.3 is 15.7 Å². The van der Waals surface area contributed by atoms with Gasteiger partial charge in [0.1, 0.15) is 0 Å². The Bertz CT molecular complexity index is 604. The highest BCUT2D eigenvalue weighted by Crippen LogP contribution is 2.41. The monoisotopic (exact) mass is 288 g/mol. The topological polar surface area (TPSA) is 83.6 Å². The summed E-state index contributed by atoms with van der Waals surface area (Å²) in [6, 6.07) is 3.83. The highest BCUT2D eigenvalue weighted by molar-refractivity contribution is 6.03. The number of aliphatic carboxylic acids is 1. The Hall–Kier alpha value is -2.04. The number of amides is 1. The molecule has 21 heavy (non-hydrogen) atoms. The van der Waals surface area contributed by atoms with E-state index >= 15 is 0 Å². The minimum atomic E-state index is -0.689. The lowest BCUT2D eigenvalue weighted by Crippen LogP contribution is -2.21. The smallest absolute Gasteiger partial charge is 0.306 e. The van der Waals surface area contributed by atoms with Crippen molar-refractivity contribution in [2.45, 2.75) is 38.1 Å². The Balaban J connectivity index is 1.89. The zero-order valence-corrected chi connectivity index (χ0v) is 12.1. The fourth-order valence-electron chi connectivity index (χ4n) is 3.64. The molecule has 0 spiro atoms. The number of carbonyl (C=O) groups excluding carboxylic acids is 1. The van der Waals surface area contributed by atoms with E-state index in [0.29, 0.717) is 36.6 Å². The van der Waals surface area contributed by atoms with E-state index in [0.717, 1.165) is 18.4 Å². The van der Waals surface area contributed by atoms with Crippen molar-refractivity contribution >= 4 is 17.6 Å². The van der Waals surface area contributed by atoms with Gasteiger partial charge in [0.05, 0.1) is 11.5 Å². The normalized spacial score (nSPS) is 25.0. The number of rotatable bonds is 2. The van der Waals surface area contributed by atoms with Gasteiger partial charge in [0.2, 0.25) is 0 Å². The lowest BCUT2D eigenvalue weighted by Gasteiger charge is -2.28. The van der Waals surface area contributed by atoms with Crippen LogP contribution < -0.4 is 5.73 Å². The molecule has 112 valence electrons. The van der Waals surface area contributed by atoms with Crippen molar-refractivity contribution in [3.8, 4) is 0 Å². The van der Waals surface area contributed by atoms with Gasteiger partial charge in [0.15, 0.2) is 0 Å². The molecule has 1 aromatic rings. The number of nitrogens with zero attached hydrogens (tertiary/aromatic N) is 1. The predicted octanol–water partition coefficient (Wildman–Crippen LogP) is 2.21. The molecular weight excluding hydrogens is 268 g/mol. The van der Waals surface area contributed by atoms with Gasteiger partial charge in [-0.3, -0.25) is 9.59 Å². The summed E-state index contributed by atoms with van der Waals surface area (Å²) in [5, 5.41) is 9.09. The first kappa shape index (κ1) is 13.9. The van der Waals surface area contributed by atoms with Gasteiger partial charge in [0, 0.05) is 19.3 Å². The summed E-state index contributed by atoms with van der Waals surface area (Å²) < 4.78 is 0. The van der Waals surface area contributed by atoms with Crippen LogP contribution in [-0.4, -0.2) is 28.9 Å². The van der Waals surface area contributed by atoms with Crippen molar-refractivity contribution < 1.29 is 14.7 Å². The van der Waals surface area contributed by atoms with Gasteiger partial charge >= 0.3 is 5.97 Å². The zero-order chi connectivity index (χ0) is 15.1. The number of nitrogen functional groups attached to an aromatic ring is 1. The van der Waals surface area contributed by atoms with Crippen LogP contribution in [0.1, 0.15) is 53.1 Å².